The Morgan fingerprint density at radius 1 is 1.43 bits per heavy atom. The predicted octanol–water partition coefficient (Wildman–Crippen LogP) is 2.44. The largest absolute Gasteiger partial charge is 0.342 e. The van der Waals surface area contributed by atoms with Crippen molar-refractivity contribution in [3.05, 3.63) is 36.0 Å². The molecule has 0 spiro atoms. The zero-order valence-electron chi connectivity index (χ0n) is 7.70. The Morgan fingerprint density at radius 3 is 2.86 bits per heavy atom. The number of aromatic nitrogens is 2. The molecule has 0 saturated carbocycles. The van der Waals surface area contributed by atoms with E-state index in [-0.39, 0.29) is 5.82 Å². The average molecular weight is 192 g/mol. The van der Waals surface area contributed by atoms with Crippen molar-refractivity contribution in [1.82, 2.24) is 10.1 Å². The normalized spacial score (nSPS) is 10.4. The first-order valence-corrected chi connectivity index (χ1v) is 4.36. The first kappa shape index (κ1) is 8.87. The Labute approximate surface area is 80.6 Å². The molecule has 0 atom stereocenters. The predicted molar refractivity (Wildman–Crippen MR) is 49.1 cm³/mol. The molecular weight excluding hydrogens is 183 g/mol. The van der Waals surface area contributed by atoms with Gasteiger partial charge in [-0.15, -0.1) is 0 Å². The number of hydrogen-bond acceptors (Lipinski definition) is 3. The fourth-order valence-electron chi connectivity index (χ4n) is 1.27. The van der Waals surface area contributed by atoms with Crippen molar-refractivity contribution in [3.8, 4) is 11.4 Å². The lowest BCUT2D eigenvalue weighted by atomic mass is 10.1. The van der Waals surface area contributed by atoms with E-state index < -0.39 is 0 Å². The van der Waals surface area contributed by atoms with Crippen molar-refractivity contribution in [3.63, 3.8) is 0 Å². The Kier molecular flexibility index (Phi) is 2.26. The molecule has 0 amide bonds. The summed E-state index contributed by atoms with van der Waals surface area (Å²) in [5.74, 6) is 0.182. The molecule has 14 heavy (non-hydrogen) atoms. The third-order valence-corrected chi connectivity index (χ3v) is 2.05. The molecule has 1 aromatic carbocycles. The standard InChI is InChI=1S/C10H9FN2O/c1-2-7-3-4-8(5-9(7)11)10-12-6-14-13-10/h3-6H,2H2,1H3. The Balaban J connectivity index is 2.43. The molecule has 0 N–H and O–H groups in total. The van der Waals surface area contributed by atoms with Crippen LogP contribution in [0.5, 0.6) is 0 Å². The van der Waals surface area contributed by atoms with Crippen LogP contribution in [0.4, 0.5) is 4.39 Å². The summed E-state index contributed by atoms with van der Waals surface area (Å²) in [6.07, 6.45) is 1.90. The van der Waals surface area contributed by atoms with E-state index in [1.807, 2.05) is 6.92 Å². The molecule has 0 bridgehead atoms. The second-order valence-electron chi connectivity index (χ2n) is 2.91. The van der Waals surface area contributed by atoms with Gasteiger partial charge in [0.1, 0.15) is 5.82 Å². The van der Waals surface area contributed by atoms with E-state index in [0.29, 0.717) is 23.4 Å². The molecule has 3 nitrogen and oxygen atoms in total. The van der Waals surface area contributed by atoms with Crippen LogP contribution in [-0.4, -0.2) is 10.1 Å². The summed E-state index contributed by atoms with van der Waals surface area (Å²) in [5.41, 5.74) is 1.32. The van der Waals surface area contributed by atoms with E-state index in [1.54, 1.807) is 12.1 Å². The van der Waals surface area contributed by atoms with Crippen molar-refractivity contribution in [2.75, 3.05) is 0 Å². The lowest BCUT2D eigenvalue weighted by molar-refractivity contribution is 0.418. The maximum Gasteiger partial charge on any atom is 0.214 e. The molecule has 2 aromatic rings. The quantitative estimate of drug-likeness (QED) is 0.733. The highest BCUT2D eigenvalue weighted by atomic mass is 19.1. The van der Waals surface area contributed by atoms with Crippen LogP contribution >= 0.6 is 0 Å². The lowest BCUT2D eigenvalue weighted by Gasteiger charge is -2.00. The minimum Gasteiger partial charge on any atom is -0.342 e. The summed E-state index contributed by atoms with van der Waals surface area (Å²) in [7, 11) is 0. The molecule has 1 heterocycles. The highest BCUT2D eigenvalue weighted by Crippen LogP contribution is 2.18. The second-order valence-corrected chi connectivity index (χ2v) is 2.91. The fraction of sp³-hybridized carbons (Fsp3) is 0.200. The van der Waals surface area contributed by atoms with Gasteiger partial charge >= 0.3 is 0 Å². The number of benzene rings is 1. The Bertz CT molecular complexity index is 426. The van der Waals surface area contributed by atoms with Crippen LogP contribution in [0.2, 0.25) is 0 Å². The highest BCUT2D eigenvalue weighted by Gasteiger charge is 2.06. The average Bonchev–Trinajstić information content (AvgIpc) is 2.70. The van der Waals surface area contributed by atoms with Gasteiger partial charge in [0, 0.05) is 5.56 Å². The van der Waals surface area contributed by atoms with Crippen LogP contribution in [0.15, 0.2) is 29.1 Å². The van der Waals surface area contributed by atoms with Gasteiger partial charge in [0.2, 0.25) is 12.2 Å². The molecule has 0 unspecified atom stereocenters. The van der Waals surface area contributed by atoms with E-state index in [0.717, 1.165) is 0 Å². The highest BCUT2D eigenvalue weighted by molar-refractivity contribution is 5.54. The molecule has 4 heteroatoms. The molecule has 2 rings (SSSR count). The lowest BCUT2D eigenvalue weighted by Crippen LogP contribution is -1.89. The minimum atomic E-state index is -0.227. The van der Waals surface area contributed by atoms with E-state index in [2.05, 4.69) is 14.7 Å². The van der Waals surface area contributed by atoms with E-state index in [4.69, 9.17) is 0 Å². The molecule has 1 aromatic heterocycles. The SMILES string of the molecule is CCc1ccc(-c2ncon2)cc1F. The minimum absolute atomic E-state index is 0.227. The molecular formula is C10H9FN2O. The van der Waals surface area contributed by atoms with Gasteiger partial charge in [-0.2, -0.15) is 4.98 Å². The van der Waals surface area contributed by atoms with Crippen LogP contribution in [0.1, 0.15) is 12.5 Å². The first-order valence-electron chi connectivity index (χ1n) is 4.36. The molecule has 72 valence electrons. The smallest absolute Gasteiger partial charge is 0.214 e. The number of nitrogens with zero attached hydrogens (tertiary/aromatic N) is 2. The van der Waals surface area contributed by atoms with Crippen molar-refractivity contribution in [1.29, 1.82) is 0 Å². The summed E-state index contributed by atoms with van der Waals surface area (Å²) in [5, 5.41) is 3.63. The van der Waals surface area contributed by atoms with Gasteiger partial charge in [0.05, 0.1) is 0 Å². The molecule has 0 aliphatic rings. The van der Waals surface area contributed by atoms with Crippen molar-refractivity contribution in [2.45, 2.75) is 13.3 Å². The van der Waals surface area contributed by atoms with Gasteiger partial charge in [-0.05, 0) is 18.1 Å². The van der Waals surface area contributed by atoms with Gasteiger partial charge < -0.3 is 4.52 Å². The summed E-state index contributed by atoms with van der Waals surface area (Å²) >= 11 is 0. The van der Waals surface area contributed by atoms with Gasteiger partial charge in [0.25, 0.3) is 0 Å². The van der Waals surface area contributed by atoms with Crippen molar-refractivity contribution < 1.29 is 8.91 Å². The van der Waals surface area contributed by atoms with Crippen LogP contribution in [0, 0.1) is 5.82 Å². The zero-order valence-corrected chi connectivity index (χ0v) is 7.70. The van der Waals surface area contributed by atoms with Crippen molar-refractivity contribution in [2.24, 2.45) is 0 Å². The summed E-state index contributed by atoms with van der Waals surface area (Å²) in [6, 6.07) is 4.94. The molecule has 0 fully saturated rings. The topological polar surface area (TPSA) is 38.9 Å². The maximum absolute atomic E-state index is 13.4. The first-order chi connectivity index (χ1) is 6.81. The number of hydrogen-bond donors (Lipinski definition) is 0. The van der Waals surface area contributed by atoms with Crippen LogP contribution in [0.25, 0.3) is 11.4 Å². The van der Waals surface area contributed by atoms with Gasteiger partial charge in [0.15, 0.2) is 0 Å². The third-order valence-electron chi connectivity index (χ3n) is 2.05. The van der Waals surface area contributed by atoms with Gasteiger partial charge in [-0.25, -0.2) is 4.39 Å². The van der Waals surface area contributed by atoms with E-state index in [9.17, 15) is 4.39 Å². The van der Waals surface area contributed by atoms with E-state index >= 15 is 0 Å². The van der Waals surface area contributed by atoms with Crippen LogP contribution < -0.4 is 0 Å². The molecule has 0 saturated heterocycles. The van der Waals surface area contributed by atoms with Crippen molar-refractivity contribution >= 4 is 0 Å². The van der Waals surface area contributed by atoms with Gasteiger partial charge in [-0.3, -0.25) is 0 Å². The number of aryl methyl sites for hydroxylation is 1. The number of rotatable bonds is 2. The Morgan fingerprint density at radius 2 is 2.29 bits per heavy atom. The van der Waals surface area contributed by atoms with Crippen LogP contribution in [-0.2, 0) is 6.42 Å². The third kappa shape index (κ3) is 1.51. The van der Waals surface area contributed by atoms with E-state index in [1.165, 1.54) is 12.5 Å². The second kappa shape index (κ2) is 3.57. The fourth-order valence-corrected chi connectivity index (χ4v) is 1.27. The van der Waals surface area contributed by atoms with Gasteiger partial charge in [-0.1, -0.05) is 24.2 Å². The summed E-state index contributed by atoms with van der Waals surface area (Å²) < 4.78 is 17.9. The molecule has 0 aliphatic heterocycles. The summed E-state index contributed by atoms with van der Waals surface area (Å²) in [4.78, 5) is 3.84. The molecule has 0 radical (unpaired) electrons. The van der Waals surface area contributed by atoms with Crippen LogP contribution in [0.3, 0.4) is 0 Å². The molecule has 0 aliphatic carbocycles. The monoisotopic (exact) mass is 192 g/mol. The summed E-state index contributed by atoms with van der Waals surface area (Å²) in [6.45, 7) is 1.91. The maximum atomic E-state index is 13.4. The number of halogens is 1. The zero-order chi connectivity index (χ0) is 9.97. The Hall–Kier alpha value is -1.71.